The van der Waals surface area contributed by atoms with E-state index >= 15 is 0 Å². The molecule has 0 saturated carbocycles. The van der Waals surface area contributed by atoms with E-state index in [2.05, 4.69) is 10.6 Å². The van der Waals surface area contributed by atoms with Gasteiger partial charge >= 0.3 is 0 Å². The van der Waals surface area contributed by atoms with Crippen molar-refractivity contribution in [1.29, 1.82) is 0 Å². The molecule has 0 unspecified atom stereocenters. The number of para-hydroxylation sites is 1. The maximum atomic E-state index is 12.3. The fraction of sp³-hybridized carbons (Fsp3) is 0.240. The first-order valence-electron chi connectivity index (χ1n) is 10.3. The minimum absolute atomic E-state index is 0.216. The van der Waals surface area contributed by atoms with E-state index in [1.54, 1.807) is 12.1 Å². The summed E-state index contributed by atoms with van der Waals surface area (Å²) >= 11 is 12.6. The van der Waals surface area contributed by atoms with Crippen molar-refractivity contribution in [3.63, 3.8) is 0 Å². The summed E-state index contributed by atoms with van der Waals surface area (Å²) < 4.78 is 11.5. The molecule has 3 aromatic rings. The SMILES string of the molecule is CCOc1cc(CNc2ccccc2C)cc(Cl)c1OCC(=O)Nc1ccc(C)c(Cl)c1. The predicted molar refractivity (Wildman–Crippen MR) is 131 cm³/mol. The molecule has 32 heavy (non-hydrogen) atoms. The zero-order valence-corrected chi connectivity index (χ0v) is 19.8. The summed E-state index contributed by atoms with van der Waals surface area (Å²) in [6.07, 6.45) is 0. The van der Waals surface area contributed by atoms with E-state index < -0.39 is 0 Å². The van der Waals surface area contributed by atoms with Crippen LogP contribution in [0.25, 0.3) is 0 Å². The van der Waals surface area contributed by atoms with Crippen LogP contribution in [0.5, 0.6) is 11.5 Å². The maximum Gasteiger partial charge on any atom is 0.262 e. The van der Waals surface area contributed by atoms with Gasteiger partial charge in [0.1, 0.15) is 0 Å². The Kier molecular flexibility index (Phi) is 8.26. The number of halogens is 2. The maximum absolute atomic E-state index is 12.3. The Hall–Kier alpha value is -2.89. The summed E-state index contributed by atoms with van der Waals surface area (Å²) in [6.45, 7) is 6.62. The number of amides is 1. The summed E-state index contributed by atoms with van der Waals surface area (Å²) in [5.74, 6) is 0.506. The monoisotopic (exact) mass is 472 g/mol. The molecule has 0 radical (unpaired) electrons. The van der Waals surface area contributed by atoms with E-state index in [1.165, 1.54) is 0 Å². The van der Waals surface area contributed by atoms with E-state index in [1.807, 2.05) is 63.2 Å². The van der Waals surface area contributed by atoms with Gasteiger partial charge in [-0.1, -0.05) is 47.5 Å². The number of aryl methyl sites for hydroxylation is 2. The third kappa shape index (κ3) is 6.31. The van der Waals surface area contributed by atoms with Crippen LogP contribution in [0.15, 0.2) is 54.6 Å². The van der Waals surface area contributed by atoms with Crippen molar-refractivity contribution >= 4 is 40.5 Å². The minimum Gasteiger partial charge on any atom is -0.490 e. The third-order valence-electron chi connectivity index (χ3n) is 4.80. The number of carbonyl (C=O) groups is 1. The van der Waals surface area contributed by atoms with Gasteiger partial charge in [-0.3, -0.25) is 4.79 Å². The smallest absolute Gasteiger partial charge is 0.262 e. The van der Waals surface area contributed by atoms with Crippen LogP contribution in [-0.2, 0) is 11.3 Å². The number of carbonyl (C=O) groups excluding carboxylic acids is 1. The molecule has 0 saturated heterocycles. The van der Waals surface area contributed by atoms with Crippen LogP contribution in [0.2, 0.25) is 10.0 Å². The number of rotatable bonds is 9. The van der Waals surface area contributed by atoms with Crippen molar-refractivity contribution in [3.8, 4) is 11.5 Å². The molecule has 168 valence electrons. The van der Waals surface area contributed by atoms with E-state index in [4.69, 9.17) is 32.7 Å². The Bertz CT molecular complexity index is 1100. The zero-order chi connectivity index (χ0) is 23.1. The lowest BCUT2D eigenvalue weighted by molar-refractivity contribution is -0.118. The van der Waals surface area contributed by atoms with Crippen molar-refractivity contribution < 1.29 is 14.3 Å². The molecule has 0 bridgehead atoms. The molecule has 0 atom stereocenters. The van der Waals surface area contributed by atoms with Gasteiger partial charge in [-0.25, -0.2) is 0 Å². The predicted octanol–water partition coefficient (Wildman–Crippen LogP) is 6.64. The molecule has 7 heteroatoms. The van der Waals surface area contributed by atoms with Crippen LogP contribution < -0.4 is 20.1 Å². The molecule has 0 aliphatic carbocycles. The van der Waals surface area contributed by atoms with E-state index in [0.717, 1.165) is 22.4 Å². The summed E-state index contributed by atoms with van der Waals surface area (Å²) in [6, 6.07) is 17.1. The molecule has 0 aromatic heterocycles. The molecule has 0 aliphatic rings. The standard InChI is InChI=1S/C25H26Cl2N2O3/c1-4-31-23-12-18(14-28-22-8-6-5-7-17(22)3)11-21(27)25(23)32-15-24(30)29-19-10-9-16(2)20(26)13-19/h5-13,28H,4,14-15H2,1-3H3,(H,29,30). The van der Waals surface area contributed by atoms with Gasteiger partial charge in [0.2, 0.25) is 0 Å². The lowest BCUT2D eigenvalue weighted by Gasteiger charge is -2.16. The fourth-order valence-corrected chi connectivity index (χ4v) is 3.57. The molecule has 5 nitrogen and oxygen atoms in total. The lowest BCUT2D eigenvalue weighted by Crippen LogP contribution is -2.20. The Labute approximate surface area is 198 Å². The highest BCUT2D eigenvalue weighted by Gasteiger charge is 2.15. The Balaban J connectivity index is 1.68. The van der Waals surface area contributed by atoms with Crippen LogP contribution in [-0.4, -0.2) is 19.1 Å². The van der Waals surface area contributed by atoms with Crippen LogP contribution in [0.3, 0.4) is 0 Å². The number of anilines is 2. The van der Waals surface area contributed by atoms with Crippen molar-refractivity contribution in [2.75, 3.05) is 23.8 Å². The average Bonchev–Trinajstić information content (AvgIpc) is 2.75. The van der Waals surface area contributed by atoms with E-state index in [9.17, 15) is 4.79 Å². The van der Waals surface area contributed by atoms with Gasteiger partial charge in [0.25, 0.3) is 5.91 Å². The zero-order valence-electron chi connectivity index (χ0n) is 18.3. The second-order valence-corrected chi connectivity index (χ2v) is 8.12. The number of hydrogen-bond donors (Lipinski definition) is 2. The van der Waals surface area contributed by atoms with E-state index in [0.29, 0.717) is 40.4 Å². The molecule has 0 fully saturated rings. The summed E-state index contributed by atoms with van der Waals surface area (Å²) in [5, 5.41) is 7.13. The Morgan fingerprint density at radius 3 is 2.44 bits per heavy atom. The van der Waals surface area contributed by atoms with Crippen molar-refractivity contribution in [2.24, 2.45) is 0 Å². The number of ether oxygens (including phenoxy) is 2. The molecular weight excluding hydrogens is 447 g/mol. The molecule has 3 aromatic carbocycles. The molecule has 3 rings (SSSR count). The molecule has 0 aliphatic heterocycles. The first-order valence-corrected chi connectivity index (χ1v) is 11.1. The van der Waals surface area contributed by atoms with Gasteiger partial charge in [-0.2, -0.15) is 0 Å². The van der Waals surface area contributed by atoms with Gasteiger partial charge in [-0.15, -0.1) is 0 Å². The largest absolute Gasteiger partial charge is 0.490 e. The van der Waals surface area contributed by atoms with Crippen LogP contribution >= 0.6 is 23.2 Å². The molecule has 0 spiro atoms. The number of hydrogen-bond acceptors (Lipinski definition) is 4. The molecule has 0 heterocycles. The van der Waals surface area contributed by atoms with Gasteiger partial charge in [0.15, 0.2) is 18.1 Å². The second-order valence-electron chi connectivity index (χ2n) is 7.31. The quantitative estimate of drug-likeness (QED) is 0.366. The second kappa shape index (κ2) is 11.1. The van der Waals surface area contributed by atoms with Gasteiger partial charge in [0.05, 0.1) is 11.6 Å². The average molecular weight is 473 g/mol. The Morgan fingerprint density at radius 2 is 1.72 bits per heavy atom. The van der Waals surface area contributed by atoms with Gasteiger partial charge in [-0.05, 0) is 67.8 Å². The molecular formula is C25H26Cl2N2O3. The third-order valence-corrected chi connectivity index (χ3v) is 5.49. The van der Waals surface area contributed by atoms with Crippen molar-refractivity contribution in [1.82, 2.24) is 0 Å². The van der Waals surface area contributed by atoms with Crippen molar-refractivity contribution in [2.45, 2.75) is 27.3 Å². The number of benzene rings is 3. The van der Waals surface area contributed by atoms with Gasteiger partial charge in [0, 0.05) is 22.9 Å². The highest BCUT2D eigenvalue weighted by atomic mass is 35.5. The fourth-order valence-electron chi connectivity index (χ4n) is 3.10. The first kappa shape index (κ1) is 23.8. The van der Waals surface area contributed by atoms with Crippen LogP contribution in [0.4, 0.5) is 11.4 Å². The Morgan fingerprint density at radius 1 is 0.938 bits per heavy atom. The van der Waals surface area contributed by atoms with E-state index in [-0.39, 0.29) is 12.5 Å². The van der Waals surface area contributed by atoms with Crippen LogP contribution in [0, 0.1) is 13.8 Å². The molecule has 2 N–H and O–H groups in total. The topological polar surface area (TPSA) is 59.6 Å². The number of nitrogens with one attached hydrogen (secondary N) is 2. The normalized spacial score (nSPS) is 10.5. The summed E-state index contributed by atoms with van der Waals surface area (Å²) in [5.41, 5.74) is 4.68. The highest BCUT2D eigenvalue weighted by Crippen LogP contribution is 2.37. The first-order chi connectivity index (χ1) is 15.4. The van der Waals surface area contributed by atoms with Gasteiger partial charge < -0.3 is 20.1 Å². The highest BCUT2D eigenvalue weighted by molar-refractivity contribution is 6.32. The van der Waals surface area contributed by atoms with Crippen LogP contribution in [0.1, 0.15) is 23.6 Å². The lowest BCUT2D eigenvalue weighted by atomic mass is 10.1. The summed E-state index contributed by atoms with van der Waals surface area (Å²) in [4.78, 5) is 12.3. The van der Waals surface area contributed by atoms with Crippen molar-refractivity contribution in [3.05, 3.63) is 81.3 Å². The molecule has 1 amide bonds. The summed E-state index contributed by atoms with van der Waals surface area (Å²) in [7, 11) is 0. The minimum atomic E-state index is -0.325.